The first-order valence-electron chi connectivity index (χ1n) is 17.0. The summed E-state index contributed by atoms with van der Waals surface area (Å²) in [5.41, 5.74) is 6.27. The zero-order chi connectivity index (χ0) is 38.5. The van der Waals surface area contributed by atoms with Gasteiger partial charge in [-0.1, -0.05) is 44.2 Å². The standard InChI is InChI=1S/C34H48N10O8/c1-18(2)27(41-21(5)45)33(51)42-24(14-23-15-36-17-38-23)31(49)40-20(4)30(48)37-16-26(46)44-13-9-12-25(44)32(50)43-28(22-10-7-6-8-11-22)34(52)39-19(3)29(35)47/h6-8,10-11,15,17-20,24-25,27-28H,9,12-14,16H2,1-5H3,(H2,35,47)(H,36,38)(H,37,48)(H,39,52)(H,40,49)(H,41,45)(H,42,51)(H,43,50)/t19-,20-,24-,25-,27-,28+/m0/s1. The molecular weight excluding hydrogens is 676 g/mol. The summed E-state index contributed by atoms with van der Waals surface area (Å²) in [5, 5.41) is 15.4. The predicted molar refractivity (Wildman–Crippen MR) is 186 cm³/mol. The first-order valence-corrected chi connectivity index (χ1v) is 17.0. The Morgan fingerprint density at radius 2 is 1.54 bits per heavy atom. The number of primary amides is 1. The number of imidazole rings is 1. The third-order valence-electron chi connectivity index (χ3n) is 8.43. The van der Waals surface area contributed by atoms with Gasteiger partial charge in [0.25, 0.3) is 0 Å². The van der Waals surface area contributed by atoms with Gasteiger partial charge < -0.3 is 47.5 Å². The van der Waals surface area contributed by atoms with Gasteiger partial charge in [0.1, 0.15) is 36.3 Å². The van der Waals surface area contributed by atoms with Gasteiger partial charge in [-0.05, 0) is 38.2 Å². The van der Waals surface area contributed by atoms with Crippen LogP contribution >= 0.6 is 0 Å². The number of amides is 8. The maximum Gasteiger partial charge on any atom is 0.247 e. The van der Waals surface area contributed by atoms with E-state index in [0.717, 1.165) is 0 Å². The Bertz CT molecular complexity index is 1600. The van der Waals surface area contributed by atoms with Crippen molar-refractivity contribution < 1.29 is 38.4 Å². The number of benzene rings is 1. The molecule has 1 saturated heterocycles. The molecule has 6 atom stereocenters. The van der Waals surface area contributed by atoms with Crippen molar-refractivity contribution in [2.45, 2.75) is 90.1 Å². The van der Waals surface area contributed by atoms with Crippen molar-refractivity contribution in [2.75, 3.05) is 13.1 Å². The second-order valence-electron chi connectivity index (χ2n) is 12.9. The van der Waals surface area contributed by atoms with Crippen LogP contribution in [0.5, 0.6) is 0 Å². The van der Waals surface area contributed by atoms with E-state index < -0.39 is 90.1 Å². The quantitative estimate of drug-likeness (QED) is 0.0901. The van der Waals surface area contributed by atoms with Gasteiger partial charge in [0.2, 0.25) is 47.3 Å². The van der Waals surface area contributed by atoms with Crippen molar-refractivity contribution in [3.63, 3.8) is 0 Å². The van der Waals surface area contributed by atoms with Crippen molar-refractivity contribution in [3.05, 3.63) is 54.1 Å². The lowest BCUT2D eigenvalue weighted by molar-refractivity contribution is -0.140. The third kappa shape index (κ3) is 11.6. The molecule has 1 aromatic carbocycles. The molecule has 1 aliphatic rings. The van der Waals surface area contributed by atoms with Crippen molar-refractivity contribution in [2.24, 2.45) is 11.7 Å². The fourth-order valence-electron chi connectivity index (χ4n) is 5.53. The fraction of sp³-hybridized carbons (Fsp3) is 0.500. The summed E-state index contributed by atoms with van der Waals surface area (Å²) in [7, 11) is 0. The van der Waals surface area contributed by atoms with E-state index in [1.165, 1.54) is 38.2 Å². The zero-order valence-electron chi connectivity index (χ0n) is 29.9. The second-order valence-corrected chi connectivity index (χ2v) is 12.9. The summed E-state index contributed by atoms with van der Waals surface area (Å²) in [6.45, 7) is 7.32. The molecule has 0 aliphatic carbocycles. The minimum Gasteiger partial charge on any atom is -0.368 e. The molecule has 0 saturated carbocycles. The van der Waals surface area contributed by atoms with E-state index in [4.69, 9.17) is 5.73 Å². The Morgan fingerprint density at radius 1 is 0.865 bits per heavy atom. The smallest absolute Gasteiger partial charge is 0.247 e. The van der Waals surface area contributed by atoms with Crippen LogP contribution in [0.3, 0.4) is 0 Å². The van der Waals surface area contributed by atoms with Crippen molar-refractivity contribution in [1.29, 1.82) is 0 Å². The molecule has 18 nitrogen and oxygen atoms in total. The number of rotatable bonds is 17. The van der Waals surface area contributed by atoms with Crippen molar-refractivity contribution in [3.8, 4) is 0 Å². The average molecular weight is 725 g/mol. The zero-order valence-corrected chi connectivity index (χ0v) is 29.9. The summed E-state index contributed by atoms with van der Waals surface area (Å²) in [6.07, 6.45) is 3.70. The number of nitrogens with one attached hydrogen (secondary N) is 7. The van der Waals surface area contributed by atoms with Crippen LogP contribution in [-0.2, 0) is 44.8 Å². The number of nitrogens with two attached hydrogens (primary N) is 1. The lowest BCUT2D eigenvalue weighted by Gasteiger charge is -2.27. The molecule has 2 heterocycles. The van der Waals surface area contributed by atoms with Crippen LogP contribution in [-0.4, -0.2) is 105 Å². The fourth-order valence-corrected chi connectivity index (χ4v) is 5.53. The molecule has 0 bridgehead atoms. The van der Waals surface area contributed by atoms with Crippen LogP contribution in [0.25, 0.3) is 0 Å². The number of nitrogens with zero attached hydrogens (tertiary/aromatic N) is 2. The molecule has 1 fully saturated rings. The molecule has 3 rings (SSSR count). The number of aromatic amines is 1. The molecule has 0 spiro atoms. The van der Waals surface area contributed by atoms with Crippen molar-refractivity contribution in [1.82, 2.24) is 46.8 Å². The van der Waals surface area contributed by atoms with Gasteiger partial charge >= 0.3 is 0 Å². The van der Waals surface area contributed by atoms with Gasteiger partial charge in [-0.25, -0.2) is 4.98 Å². The van der Waals surface area contributed by atoms with Gasteiger partial charge in [0, 0.05) is 31.8 Å². The number of H-pyrrole nitrogens is 1. The average Bonchev–Trinajstić information content (AvgIpc) is 3.81. The van der Waals surface area contributed by atoms with Crippen LogP contribution in [0.4, 0.5) is 0 Å². The van der Waals surface area contributed by atoms with Gasteiger partial charge in [-0.15, -0.1) is 0 Å². The molecule has 282 valence electrons. The first-order chi connectivity index (χ1) is 24.6. The van der Waals surface area contributed by atoms with E-state index >= 15 is 0 Å². The highest BCUT2D eigenvalue weighted by Crippen LogP contribution is 2.20. The maximum absolute atomic E-state index is 13.5. The normalized spacial score (nSPS) is 16.7. The van der Waals surface area contributed by atoms with Crippen LogP contribution < -0.4 is 37.6 Å². The summed E-state index contributed by atoms with van der Waals surface area (Å²) in [5.74, 6) is -5.26. The van der Waals surface area contributed by atoms with Crippen LogP contribution in [0.15, 0.2) is 42.9 Å². The molecule has 0 unspecified atom stereocenters. The van der Waals surface area contributed by atoms with E-state index in [1.807, 2.05) is 0 Å². The molecule has 1 aromatic heterocycles. The highest BCUT2D eigenvalue weighted by atomic mass is 16.2. The summed E-state index contributed by atoms with van der Waals surface area (Å²) < 4.78 is 0. The Labute approximate surface area is 301 Å². The van der Waals surface area contributed by atoms with E-state index in [9.17, 15) is 38.4 Å². The number of likely N-dealkylation sites (tertiary alicyclic amines) is 1. The molecule has 9 N–H and O–H groups in total. The number of hydrogen-bond donors (Lipinski definition) is 8. The molecule has 18 heteroatoms. The molecule has 8 amide bonds. The minimum atomic E-state index is -1.18. The SMILES string of the molecule is CC(=O)N[C@H](C(=O)N[C@@H](Cc1cnc[nH]1)C(=O)N[C@@H](C)C(=O)NCC(=O)N1CCC[C@H]1C(=O)N[C@@H](C(=O)N[C@@H](C)C(N)=O)c1ccccc1)C(C)C. The summed E-state index contributed by atoms with van der Waals surface area (Å²) in [4.78, 5) is 111. The number of hydrogen-bond acceptors (Lipinski definition) is 9. The van der Waals surface area contributed by atoms with E-state index in [2.05, 4.69) is 41.9 Å². The Hall–Kier alpha value is -5.81. The maximum atomic E-state index is 13.5. The number of aromatic nitrogens is 2. The van der Waals surface area contributed by atoms with Gasteiger partial charge in [-0.2, -0.15) is 0 Å². The van der Waals surface area contributed by atoms with Gasteiger partial charge in [0.05, 0.1) is 12.9 Å². The summed E-state index contributed by atoms with van der Waals surface area (Å²) in [6, 6.07) is 2.06. The molecule has 52 heavy (non-hydrogen) atoms. The van der Waals surface area contributed by atoms with Crippen LogP contribution in [0, 0.1) is 5.92 Å². The molecule has 2 aromatic rings. The van der Waals surface area contributed by atoms with Crippen LogP contribution in [0.1, 0.15) is 64.8 Å². The summed E-state index contributed by atoms with van der Waals surface area (Å²) >= 11 is 0. The van der Waals surface area contributed by atoms with E-state index in [0.29, 0.717) is 24.1 Å². The van der Waals surface area contributed by atoms with Gasteiger partial charge in [0.15, 0.2) is 0 Å². The highest BCUT2D eigenvalue weighted by Gasteiger charge is 2.37. The van der Waals surface area contributed by atoms with E-state index in [1.54, 1.807) is 44.2 Å². The lowest BCUT2D eigenvalue weighted by Crippen LogP contribution is -2.58. The topological polar surface area (TPSA) is 267 Å². The third-order valence-corrected chi connectivity index (χ3v) is 8.43. The van der Waals surface area contributed by atoms with E-state index in [-0.39, 0.29) is 18.9 Å². The first kappa shape index (κ1) is 40.6. The molecular formula is C34H48N10O8. The second kappa shape index (κ2) is 19.0. The Balaban J connectivity index is 1.62. The lowest BCUT2D eigenvalue weighted by atomic mass is 10.0. The monoisotopic (exact) mass is 724 g/mol. The molecule has 1 aliphatic heterocycles. The highest BCUT2D eigenvalue weighted by molar-refractivity contribution is 5.97. The number of carbonyl (C=O) groups is 8. The Morgan fingerprint density at radius 3 is 2.13 bits per heavy atom. The minimum absolute atomic E-state index is 0.00462. The van der Waals surface area contributed by atoms with Gasteiger partial charge in [-0.3, -0.25) is 38.4 Å². The Kier molecular flexibility index (Phi) is 14.8. The van der Waals surface area contributed by atoms with Crippen molar-refractivity contribution >= 4 is 47.3 Å². The predicted octanol–water partition coefficient (Wildman–Crippen LogP) is -1.94. The molecule has 0 radical (unpaired) electrons. The van der Waals surface area contributed by atoms with Crippen LogP contribution in [0.2, 0.25) is 0 Å². The largest absolute Gasteiger partial charge is 0.368 e. The number of carbonyl (C=O) groups excluding carboxylic acids is 8.